The van der Waals surface area contributed by atoms with Crippen molar-refractivity contribution in [3.8, 4) is 11.5 Å². The lowest BCUT2D eigenvalue weighted by molar-refractivity contribution is -0.125. The van der Waals surface area contributed by atoms with Crippen LogP contribution >= 0.6 is 11.6 Å². The van der Waals surface area contributed by atoms with Gasteiger partial charge in [0.25, 0.3) is 5.91 Å². The molecule has 10 heteroatoms. The number of carbonyl (C=O) groups is 2. The number of carbonyl (C=O) groups excluding carboxylic acids is 2. The van der Waals surface area contributed by atoms with E-state index < -0.39 is 23.4 Å². The lowest BCUT2D eigenvalue weighted by Gasteiger charge is -2.14. The number of aliphatic hydroxyl groups excluding tert-OH is 1. The zero-order chi connectivity index (χ0) is 22.6. The lowest BCUT2D eigenvalue weighted by Crippen LogP contribution is -2.29. The van der Waals surface area contributed by atoms with Crippen molar-refractivity contribution in [1.29, 1.82) is 0 Å². The van der Waals surface area contributed by atoms with E-state index in [0.717, 1.165) is 12.5 Å². The van der Waals surface area contributed by atoms with Crippen LogP contribution in [0.25, 0.3) is 0 Å². The summed E-state index contributed by atoms with van der Waals surface area (Å²) >= 11 is 6.22. The third-order valence-electron chi connectivity index (χ3n) is 4.19. The first-order valence-electron chi connectivity index (χ1n) is 9.72. The van der Waals surface area contributed by atoms with Gasteiger partial charge in [-0.05, 0) is 30.9 Å². The molecular formula is C21H25ClN2O7. The Kier molecular flexibility index (Phi) is 9.86. The Morgan fingerprint density at radius 1 is 1.19 bits per heavy atom. The predicted octanol–water partition coefficient (Wildman–Crippen LogP) is 2.23. The van der Waals surface area contributed by atoms with E-state index in [0.29, 0.717) is 18.6 Å². The van der Waals surface area contributed by atoms with Crippen molar-refractivity contribution < 1.29 is 34.5 Å². The van der Waals surface area contributed by atoms with Crippen LogP contribution in [0.2, 0.25) is 5.02 Å². The highest BCUT2D eigenvalue weighted by molar-refractivity contribution is 6.33. The number of hydrogen-bond acceptors (Lipinski definition) is 8. The SMILES string of the molecule is O=C(CON=C1/C=C/CC/C=C/CCOC(=O)c2c(O)cc(O)c(Cl)c2C1)NCCO. The van der Waals surface area contributed by atoms with Crippen molar-refractivity contribution in [2.45, 2.75) is 25.7 Å². The molecule has 0 saturated heterocycles. The van der Waals surface area contributed by atoms with Crippen molar-refractivity contribution in [2.24, 2.45) is 5.16 Å². The quantitative estimate of drug-likeness (QED) is 0.305. The number of esters is 1. The molecule has 1 aromatic carbocycles. The lowest BCUT2D eigenvalue weighted by atomic mass is 9.99. The van der Waals surface area contributed by atoms with Gasteiger partial charge in [0.15, 0.2) is 6.61 Å². The molecular weight excluding hydrogens is 428 g/mol. The number of ether oxygens (including phenoxy) is 1. The molecule has 168 valence electrons. The summed E-state index contributed by atoms with van der Waals surface area (Å²) in [6.07, 6.45) is 9.27. The fourth-order valence-electron chi connectivity index (χ4n) is 2.74. The number of nitrogens with zero attached hydrogens (tertiary/aromatic N) is 1. The molecule has 1 amide bonds. The molecule has 0 unspecified atom stereocenters. The molecule has 1 aliphatic heterocycles. The van der Waals surface area contributed by atoms with E-state index in [2.05, 4.69) is 10.5 Å². The Morgan fingerprint density at radius 3 is 2.71 bits per heavy atom. The number of aliphatic hydroxyl groups is 1. The molecule has 4 N–H and O–H groups in total. The minimum Gasteiger partial charge on any atom is -0.507 e. The number of hydrogen-bond donors (Lipinski definition) is 4. The second-order valence-electron chi connectivity index (χ2n) is 6.56. The van der Waals surface area contributed by atoms with Crippen LogP contribution in [0.15, 0.2) is 35.5 Å². The van der Waals surface area contributed by atoms with Gasteiger partial charge in [0.1, 0.15) is 17.1 Å². The van der Waals surface area contributed by atoms with Gasteiger partial charge in [-0.3, -0.25) is 4.79 Å². The van der Waals surface area contributed by atoms with Crippen molar-refractivity contribution in [3.63, 3.8) is 0 Å². The molecule has 0 saturated carbocycles. The molecule has 31 heavy (non-hydrogen) atoms. The summed E-state index contributed by atoms with van der Waals surface area (Å²) in [5, 5.41) is 35.2. The predicted molar refractivity (Wildman–Crippen MR) is 114 cm³/mol. The zero-order valence-electron chi connectivity index (χ0n) is 16.8. The number of phenols is 2. The molecule has 1 aliphatic rings. The second kappa shape index (κ2) is 12.6. The Hall–Kier alpha value is -3.04. The molecule has 0 aromatic heterocycles. The van der Waals surface area contributed by atoms with Crippen LogP contribution in [0.3, 0.4) is 0 Å². The first-order chi connectivity index (χ1) is 14.9. The molecule has 9 nitrogen and oxygen atoms in total. The Bertz CT molecular complexity index is 881. The summed E-state index contributed by atoms with van der Waals surface area (Å²) in [7, 11) is 0. The highest BCUT2D eigenvalue weighted by Crippen LogP contribution is 2.37. The number of oxime groups is 1. The van der Waals surface area contributed by atoms with Crippen LogP contribution < -0.4 is 5.32 Å². The third-order valence-corrected chi connectivity index (χ3v) is 4.61. The van der Waals surface area contributed by atoms with Gasteiger partial charge in [-0.25, -0.2) is 4.79 Å². The highest BCUT2D eigenvalue weighted by atomic mass is 35.5. The van der Waals surface area contributed by atoms with Crippen molar-refractivity contribution in [1.82, 2.24) is 5.32 Å². The molecule has 1 aromatic rings. The molecule has 1 heterocycles. The zero-order valence-corrected chi connectivity index (χ0v) is 17.6. The maximum Gasteiger partial charge on any atom is 0.342 e. The fraction of sp³-hybridized carbons (Fsp3) is 0.381. The first-order valence-corrected chi connectivity index (χ1v) is 10.1. The molecule has 0 fully saturated rings. The summed E-state index contributed by atoms with van der Waals surface area (Å²) < 4.78 is 5.22. The number of phenolic OH excluding ortho intramolecular Hbond substituents is 2. The maximum absolute atomic E-state index is 12.6. The van der Waals surface area contributed by atoms with Crippen molar-refractivity contribution in [2.75, 3.05) is 26.4 Å². The van der Waals surface area contributed by atoms with Gasteiger partial charge < -0.3 is 30.2 Å². The van der Waals surface area contributed by atoms with Gasteiger partial charge in [-0.15, -0.1) is 0 Å². The van der Waals surface area contributed by atoms with E-state index in [9.17, 15) is 19.8 Å². The standard InChI is InChI=1S/C21H25ClN2O7/c22-20-15-11-14(24-31-13-18(28)23-8-9-25)7-5-3-1-2-4-6-10-30-21(29)19(15)16(26)12-17(20)27/h2,4-5,7,12,25-27H,1,3,6,8-11,13H2,(H,23,28)/b4-2+,7-5+,24-14?. The Labute approximate surface area is 184 Å². The van der Waals surface area contributed by atoms with Crippen molar-refractivity contribution >= 4 is 29.2 Å². The van der Waals surface area contributed by atoms with Gasteiger partial charge in [0, 0.05) is 19.0 Å². The van der Waals surface area contributed by atoms with E-state index in [1.807, 2.05) is 18.2 Å². The van der Waals surface area contributed by atoms with E-state index in [4.69, 9.17) is 26.3 Å². The van der Waals surface area contributed by atoms with Crippen LogP contribution in [0.4, 0.5) is 0 Å². The smallest absolute Gasteiger partial charge is 0.342 e. The van der Waals surface area contributed by atoms with Crippen LogP contribution in [-0.4, -0.2) is 59.3 Å². The minimum absolute atomic E-state index is 0.0736. The number of rotatable bonds is 5. The normalized spacial score (nSPS) is 18.4. The maximum atomic E-state index is 12.6. The molecule has 0 radical (unpaired) electrons. The van der Waals surface area contributed by atoms with E-state index in [1.54, 1.807) is 6.08 Å². The summed E-state index contributed by atoms with van der Waals surface area (Å²) in [5.74, 6) is -2.13. The van der Waals surface area contributed by atoms with Gasteiger partial charge in [-0.2, -0.15) is 0 Å². The van der Waals surface area contributed by atoms with E-state index >= 15 is 0 Å². The largest absolute Gasteiger partial charge is 0.507 e. The number of benzene rings is 1. The van der Waals surface area contributed by atoms with Crippen LogP contribution in [0, 0.1) is 0 Å². The summed E-state index contributed by atoms with van der Waals surface area (Å²) in [4.78, 5) is 29.3. The second-order valence-corrected chi connectivity index (χ2v) is 6.94. The Morgan fingerprint density at radius 2 is 1.94 bits per heavy atom. The molecule has 2 rings (SSSR count). The van der Waals surface area contributed by atoms with Crippen LogP contribution in [0.1, 0.15) is 35.2 Å². The molecule has 0 aliphatic carbocycles. The summed E-state index contributed by atoms with van der Waals surface area (Å²) in [5.41, 5.74) is 0.246. The van der Waals surface area contributed by atoms with Gasteiger partial charge >= 0.3 is 5.97 Å². The molecule has 0 spiro atoms. The van der Waals surface area contributed by atoms with E-state index in [1.165, 1.54) is 0 Å². The summed E-state index contributed by atoms with van der Waals surface area (Å²) in [6.45, 7) is -0.366. The number of cyclic esters (lactones) is 1. The number of nitrogens with one attached hydrogen (secondary N) is 1. The van der Waals surface area contributed by atoms with Gasteiger partial charge in [-0.1, -0.05) is 35.0 Å². The van der Waals surface area contributed by atoms with E-state index in [-0.39, 0.29) is 48.9 Å². The number of aromatic hydroxyl groups is 2. The number of halogens is 1. The average Bonchev–Trinajstić information content (AvgIpc) is 2.73. The number of allylic oxidation sites excluding steroid dienone is 3. The monoisotopic (exact) mass is 452 g/mol. The van der Waals surface area contributed by atoms with Crippen LogP contribution in [-0.2, 0) is 20.8 Å². The molecule has 0 atom stereocenters. The fourth-order valence-corrected chi connectivity index (χ4v) is 2.96. The van der Waals surface area contributed by atoms with Crippen LogP contribution in [0.5, 0.6) is 11.5 Å². The number of fused-ring (bicyclic) bond motifs is 1. The first kappa shape index (κ1) is 24.2. The highest BCUT2D eigenvalue weighted by Gasteiger charge is 2.24. The topological polar surface area (TPSA) is 138 Å². The van der Waals surface area contributed by atoms with Gasteiger partial charge in [0.2, 0.25) is 0 Å². The average molecular weight is 453 g/mol. The Balaban J connectivity index is 2.36. The summed E-state index contributed by atoms with van der Waals surface area (Å²) in [6, 6.07) is 0.972. The minimum atomic E-state index is -0.785. The van der Waals surface area contributed by atoms with Gasteiger partial charge in [0.05, 0.1) is 23.9 Å². The molecule has 0 bridgehead atoms. The van der Waals surface area contributed by atoms with Crippen molar-refractivity contribution in [3.05, 3.63) is 46.5 Å². The third kappa shape index (κ3) is 7.62. The number of amides is 1.